The number of nitrogens with one attached hydrogen (secondary N) is 1. The first kappa shape index (κ1) is 20.3. The van der Waals surface area contributed by atoms with Crippen molar-refractivity contribution in [1.82, 2.24) is 18.9 Å². The smallest absolute Gasteiger partial charge is 0.241 e. The molecule has 1 saturated carbocycles. The Morgan fingerprint density at radius 1 is 1.48 bits per heavy atom. The summed E-state index contributed by atoms with van der Waals surface area (Å²) >= 11 is 6.43. The Balaban J connectivity index is 1.65. The van der Waals surface area contributed by atoms with E-state index in [0.29, 0.717) is 35.0 Å². The second kappa shape index (κ2) is 7.09. The highest BCUT2D eigenvalue weighted by molar-refractivity contribution is 7.88. The van der Waals surface area contributed by atoms with E-state index >= 15 is 0 Å². The Kier molecular flexibility index (Phi) is 4.98. The number of anilines is 1. The summed E-state index contributed by atoms with van der Waals surface area (Å²) in [5.74, 6) is 0.304. The monoisotopic (exact) mass is 438 g/mol. The standard InChI is InChI=1S/C18H23ClN6O3S/c1-3-18(5-6-18)16-11(8-20)15(19)13-9-21-17(23-25(13)16)22-12-4-7-24(10-14(12)26)29(2,27)28/h9,12,14,26H,3-7,10H2,1-2H3,(H,22,23)/t12-,14-/m1/s1. The molecule has 2 aromatic heterocycles. The van der Waals surface area contributed by atoms with Gasteiger partial charge >= 0.3 is 0 Å². The number of rotatable bonds is 5. The van der Waals surface area contributed by atoms with Gasteiger partial charge in [-0.15, -0.1) is 5.10 Å². The van der Waals surface area contributed by atoms with Crippen LogP contribution in [0.4, 0.5) is 5.95 Å². The van der Waals surface area contributed by atoms with Crippen LogP contribution in [-0.2, 0) is 15.4 Å². The molecule has 1 aliphatic carbocycles. The number of β-amino-alcohol motifs (C(OH)–C–C–N with tert-alkyl or cyclic N) is 1. The highest BCUT2D eigenvalue weighted by atomic mass is 35.5. The second-order valence-electron chi connectivity index (χ2n) is 7.89. The predicted molar refractivity (Wildman–Crippen MR) is 108 cm³/mol. The van der Waals surface area contributed by atoms with Crippen molar-refractivity contribution in [1.29, 1.82) is 5.26 Å². The van der Waals surface area contributed by atoms with Gasteiger partial charge in [-0.1, -0.05) is 18.5 Å². The fourth-order valence-electron chi connectivity index (χ4n) is 4.11. The fourth-order valence-corrected chi connectivity index (χ4v) is 5.24. The van der Waals surface area contributed by atoms with Crippen molar-refractivity contribution < 1.29 is 13.5 Å². The Morgan fingerprint density at radius 3 is 2.76 bits per heavy atom. The molecule has 0 radical (unpaired) electrons. The lowest BCUT2D eigenvalue weighted by Gasteiger charge is -2.34. The van der Waals surface area contributed by atoms with Crippen molar-refractivity contribution >= 4 is 33.1 Å². The third-order valence-corrected chi connectivity index (χ3v) is 7.75. The molecule has 2 fully saturated rings. The van der Waals surface area contributed by atoms with Crippen molar-refractivity contribution in [2.24, 2.45) is 0 Å². The third kappa shape index (κ3) is 3.46. The van der Waals surface area contributed by atoms with E-state index in [4.69, 9.17) is 11.6 Å². The molecule has 0 amide bonds. The van der Waals surface area contributed by atoms with E-state index in [2.05, 4.69) is 28.4 Å². The number of nitriles is 1. The molecule has 2 aromatic rings. The van der Waals surface area contributed by atoms with Crippen LogP contribution in [0.1, 0.15) is 43.9 Å². The SMILES string of the molecule is CCC1(c2c(C#N)c(Cl)c3cnc(N[C@@H]4CCN(S(C)(=O)=O)C[C@H]4O)nn23)CC1. The number of aliphatic hydroxyl groups is 1. The summed E-state index contributed by atoms with van der Waals surface area (Å²) in [6, 6.07) is 1.84. The van der Waals surface area contributed by atoms with Crippen molar-refractivity contribution in [2.45, 2.75) is 50.2 Å². The number of hydrogen-bond acceptors (Lipinski definition) is 7. The molecule has 3 heterocycles. The van der Waals surface area contributed by atoms with E-state index in [1.165, 1.54) is 4.31 Å². The second-order valence-corrected chi connectivity index (χ2v) is 10.3. The van der Waals surface area contributed by atoms with E-state index < -0.39 is 16.1 Å². The quantitative estimate of drug-likeness (QED) is 0.724. The summed E-state index contributed by atoms with van der Waals surface area (Å²) in [5, 5.41) is 28.1. The molecule has 9 nitrogen and oxygen atoms in total. The molecule has 2 aliphatic rings. The average molecular weight is 439 g/mol. The third-order valence-electron chi connectivity index (χ3n) is 6.10. The van der Waals surface area contributed by atoms with E-state index in [1.807, 2.05) is 0 Å². The lowest BCUT2D eigenvalue weighted by Crippen LogP contribution is -2.51. The molecule has 0 unspecified atom stereocenters. The maximum Gasteiger partial charge on any atom is 0.241 e. The fraction of sp³-hybridized carbons (Fsp3) is 0.611. The minimum Gasteiger partial charge on any atom is -0.390 e. The van der Waals surface area contributed by atoms with Crippen LogP contribution in [0.2, 0.25) is 5.02 Å². The molecule has 0 aromatic carbocycles. The van der Waals surface area contributed by atoms with Crippen LogP contribution >= 0.6 is 11.6 Å². The van der Waals surface area contributed by atoms with Gasteiger partial charge in [0.05, 0.1) is 40.9 Å². The van der Waals surface area contributed by atoms with Crippen LogP contribution in [0.15, 0.2) is 6.20 Å². The summed E-state index contributed by atoms with van der Waals surface area (Å²) in [6.45, 7) is 2.43. The van der Waals surface area contributed by atoms with Crippen molar-refractivity contribution in [2.75, 3.05) is 24.7 Å². The van der Waals surface area contributed by atoms with Gasteiger partial charge in [0.15, 0.2) is 0 Å². The average Bonchev–Trinajstić information content (AvgIpc) is 3.41. The molecule has 0 bridgehead atoms. The summed E-state index contributed by atoms with van der Waals surface area (Å²) in [5.41, 5.74) is 1.75. The van der Waals surface area contributed by atoms with Crippen LogP contribution < -0.4 is 5.32 Å². The van der Waals surface area contributed by atoms with Gasteiger partial charge in [-0.3, -0.25) is 0 Å². The molecular formula is C18H23ClN6O3S. The Morgan fingerprint density at radius 2 is 2.21 bits per heavy atom. The van der Waals surface area contributed by atoms with Crippen LogP contribution in [0.25, 0.3) is 5.52 Å². The molecule has 0 spiro atoms. The van der Waals surface area contributed by atoms with Gasteiger partial charge in [-0.2, -0.15) is 9.57 Å². The number of hydrogen-bond donors (Lipinski definition) is 2. The highest BCUT2D eigenvalue weighted by Gasteiger charge is 2.47. The molecule has 1 saturated heterocycles. The van der Waals surface area contributed by atoms with Gasteiger partial charge in [-0.25, -0.2) is 17.9 Å². The first-order chi connectivity index (χ1) is 13.7. The van der Waals surface area contributed by atoms with Gasteiger partial charge in [0.2, 0.25) is 16.0 Å². The maximum atomic E-state index is 11.7. The molecule has 2 atom stereocenters. The molecule has 4 rings (SSSR count). The highest BCUT2D eigenvalue weighted by Crippen LogP contribution is 2.53. The predicted octanol–water partition coefficient (Wildman–Crippen LogP) is 1.50. The first-order valence-corrected chi connectivity index (χ1v) is 11.8. The van der Waals surface area contributed by atoms with Gasteiger partial charge in [0.25, 0.3) is 0 Å². The number of aromatic nitrogens is 3. The number of sulfonamides is 1. The first-order valence-electron chi connectivity index (χ1n) is 9.57. The summed E-state index contributed by atoms with van der Waals surface area (Å²) in [7, 11) is -3.34. The van der Waals surface area contributed by atoms with Crippen molar-refractivity contribution in [3.63, 3.8) is 0 Å². The summed E-state index contributed by atoms with van der Waals surface area (Å²) in [6.07, 6.45) is 5.11. The van der Waals surface area contributed by atoms with E-state index in [1.54, 1.807) is 10.7 Å². The lowest BCUT2D eigenvalue weighted by molar-refractivity contribution is 0.0950. The number of aliphatic hydroxyl groups excluding tert-OH is 1. The molecule has 2 N–H and O–H groups in total. The number of nitrogens with zero attached hydrogens (tertiary/aromatic N) is 5. The minimum atomic E-state index is -3.34. The summed E-state index contributed by atoms with van der Waals surface area (Å²) < 4.78 is 26.4. The molecular weight excluding hydrogens is 416 g/mol. The Bertz CT molecular complexity index is 1100. The molecule has 1 aliphatic heterocycles. The van der Waals surface area contributed by atoms with Crippen molar-refractivity contribution in [3.05, 3.63) is 22.5 Å². The van der Waals surface area contributed by atoms with Crippen LogP contribution in [0.5, 0.6) is 0 Å². The minimum absolute atomic E-state index is 0.0247. The Labute approximate surface area is 174 Å². The molecule has 156 valence electrons. The maximum absolute atomic E-state index is 11.7. The van der Waals surface area contributed by atoms with E-state index in [0.717, 1.165) is 31.2 Å². The van der Waals surface area contributed by atoms with Gasteiger partial charge < -0.3 is 10.4 Å². The topological polar surface area (TPSA) is 124 Å². The van der Waals surface area contributed by atoms with E-state index in [9.17, 15) is 18.8 Å². The number of piperidine rings is 1. The summed E-state index contributed by atoms with van der Waals surface area (Å²) in [4.78, 5) is 4.30. The van der Waals surface area contributed by atoms with Gasteiger partial charge in [0.1, 0.15) is 11.6 Å². The van der Waals surface area contributed by atoms with Crippen LogP contribution in [0, 0.1) is 11.3 Å². The number of fused-ring (bicyclic) bond motifs is 1. The Hall–Kier alpha value is -1.93. The normalized spacial score (nSPS) is 24.4. The molecule has 11 heteroatoms. The zero-order valence-electron chi connectivity index (χ0n) is 16.3. The zero-order chi connectivity index (χ0) is 21.0. The lowest BCUT2D eigenvalue weighted by atomic mass is 9.96. The van der Waals surface area contributed by atoms with Crippen LogP contribution in [0.3, 0.4) is 0 Å². The van der Waals surface area contributed by atoms with Gasteiger partial charge in [-0.05, 0) is 25.7 Å². The largest absolute Gasteiger partial charge is 0.390 e. The van der Waals surface area contributed by atoms with E-state index in [-0.39, 0.29) is 18.0 Å². The number of halogens is 1. The zero-order valence-corrected chi connectivity index (χ0v) is 17.8. The van der Waals surface area contributed by atoms with Crippen molar-refractivity contribution in [3.8, 4) is 6.07 Å². The van der Waals surface area contributed by atoms with Gasteiger partial charge in [0, 0.05) is 18.5 Å². The van der Waals surface area contributed by atoms with Crippen LogP contribution in [-0.4, -0.2) is 63.9 Å². The molecule has 29 heavy (non-hydrogen) atoms.